The van der Waals surface area contributed by atoms with Gasteiger partial charge < -0.3 is 11.1 Å². The highest BCUT2D eigenvalue weighted by Gasteiger charge is 2.42. The van der Waals surface area contributed by atoms with Gasteiger partial charge in [-0.15, -0.1) is 0 Å². The zero-order chi connectivity index (χ0) is 9.31. The third-order valence-electron chi connectivity index (χ3n) is 3.68. The second-order valence-corrected chi connectivity index (χ2v) is 5.06. The van der Waals surface area contributed by atoms with Gasteiger partial charge in [0, 0.05) is 18.6 Å². The van der Waals surface area contributed by atoms with Crippen molar-refractivity contribution < 1.29 is 0 Å². The number of nitrogens with one attached hydrogen (secondary N) is 1. The van der Waals surface area contributed by atoms with Gasteiger partial charge in [0.2, 0.25) is 0 Å². The van der Waals surface area contributed by atoms with Crippen LogP contribution in [-0.2, 0) is 0 Å². The first kappa shape index (κ1) is 9.47. The van der Waals surface area contributed by atoms with Crippen LogP contribution in [0.15, 0.2) is 0 Å². The first-order valence-corrected chi connectivity index (χ1v) is 5.73. The third-order valence-corrected chi connectivity index (χ3v) is 3.68. The molecule has 2 aliphatic rings. The Morgan fingerprint density at radius 1 is 1.38 bits per heavy atom. The van der Waals surface area contributed by atoms with E-state index in [4.69, 9.17) is 5.73 Å². The first-order valence-electron chi connectivity index (χ1n) is 5.73. The third kappa shape index (κ3) is 2.23. The summed E-state index contributed by atoms with van der Waals surface area (Å²) in [4.78, 5) is 0. The van der Waals surface area contributed by atoms with Crippen LogP contribution in [0.4, 0.5) is 0 Å². The number of rotatable bonds is 5. The molecule has 2 saturated carbocycles. The van der Waals surface area contributed by atoms with Crippen molar-refractivity contribution in [2.75, 3.05) is 6.54 Å². The van der Waals surface area contributed by atoms with E-state index in [-0.39, 0.29) is 0 Å². The van der Waals surface area contributed by atoms with E-state index >= 15 is 0 Å². The zero-order valence-electron chi connectivity index (χ0n) is 8.68. The van der Waals surface area contributed by atoms with E-state index in [9.17, 15) is 0 Å². The van der Waals surface area contributed by atoms with Crippen LogP contribution in [0.1, 0.15) is 45.4 Å². The van der Waals surface area contributed by atoms with Crippen molar-refractivity contribution >= 4 is 0 Å². The van der Waals surface area contributed by atoms with E-state index in [0.717, 1.165) is 6.04 Å². The van der Waals surface area contributed by atoms with Crippen molar-refractivity contribution in [1.29, 1.82) is 0 Å². The van der Waals surface area contributed by atoms with E-state index in [1.165, 1.54) is 45.1 Å². The predicted octanol–water partition coefficient (Wildman–Crippen LogP) is 1.65. The summed E-state index contributed by atoms with van der Waals surface area (Å²) in [6.45, 7) is 3.54. The molecule has 2 aliphatic carbocycles. The van der Waals surface area contributed by atoms with Crippen molar-refractivity contribution in [3.63, 3.8) is 0 Å². The van der Waals surface area contributed by atoms with Crippen molar-refractivity contribution in [1.82, 2.24) is 5.32 Å². The van der Waals surface area contributed by atoms with Gasteiger partial charge >= 0.3 is 0 Å². The molecule has 0 amide bonds. The van der Waals surface area contributed by atoms with Gasteiger partial charge in [0.25, 0.3) is 0 Å². The lowest BCUT2D eigenvalue weighted by Gasteiger charge is -2.34. The van der Waals surface area contributed by atoms with Gasteiger partial charge in [-0.2, -0.15) is 0 Å². The lowest BCUT2D eigenvalue weighted by Crippen LogP contribution is -2.49. The molecule has 0 spiro atoms. The molecule has 0 radical (unpaired) electrons. The molecule has 0 aliphatic heterocycles. The molecule has 13 heavy (non-hydrogen) atoms. The van der Waals surface area contributed by atoms with Crippen LogP contribution in [-0.4, -0.2) is 18.6 Å². The minimum Gasteiger partial charge on any atom is -0.328 e. The lowest BCUT2D eigenvalue weighted by atomic mass is 9.87. The normalized spacial score (nSPS) is 35.5. The van der Waals surface area contributed by atoms with Gasteiger partial charge in [-0.1, -0.05) is 13.3 Å². The second-order valence-electron chi connectivity index (χ2n) is 5.06. The van der Waals surface area contributed by atoms with E-state index in [1.54, 1.807) is 0 Å². The molecular weight excluding hydrogens is 160 g/mol. The molecular formula is C11H22N2. The molecule has 76 valence electrons. The van der Waals surface area contributed by atoms with Gasteiger partial charge in [-0.3, -0.25) is 0 Å². The maximum Gasteiger partial charge on any atom is 0.00967 e. The topological polar surface area (TPSA) is 38.0 Å². The summed E-state index contributed by atoms with van der Waals surface area (Å²) in [6.07, 6.45) is 8.05. The Balaban J connectivity index is 1.62. The summed E-state index contributed by atoms with van der Waals surface area (Å²) in [5, 5.41) is 3.66. The summed E-state index contributed by atoms with van der Waals surface area (Å²) in [6, 6.07) is 1.23. The largest absolute Gasteiger partial charge is 0.328 e. The van der Waals surface area contributed by atoms with Crippen molar-refractivity contribution in [3.8, 4) is 0 Å². The minimum atomic E-state index is 0.485. The molecule has 3 N–H and O–H groups in total. The van der Waals surface area contributed by atoms with E-state index < -0.39 is 0 Å². The average Bonchev–Trinajstić information content (AvgIpc) is 2.78. The van der Waals surface area contributed by atoms with E-state index in [0.29, 0.717) is 11.5 Å². The highest BCUT2D eigenvalue weighted by molar-refractivity contribution is 4.97. The first-order chi connectivity index (χ1) is 6.24. The molecule has 0 aromatic heterocycles. The van der Waals surface area contributed by atoms with Gasteiger partial charge in [-0.05, 0) is 37.5 Å². The number of hydrogen-bond donors (Lipinski definition) is 2. The van der Waals surface area contributed by atoms with Crippen molar-refractivity contribution in [2.24, 2.45) is 11.1 Å². The van der Waals surface area contributed by atoms with Crippen LogP contribution in [0.2, 0.25) is 0 Å². The minimum absolute atomic E-state index is 0.485. The summed E-state index contributed by atoms with van der Waals surface area (Å²) in [5.41, 5.74) is 6.45. The molecule has 2 rings (SSSR count). The molecule has 0 bridgehead atoms. The molecule has 2 fully saturated rings. The highest BCUT2D eigenvalue weighted by Crippen LogP contribution is 2.49. The maximum atomic E-state index is 5.74. The van der Waals surface area contributed by atoms with Crippen LogP contribution in [0.3, 0.4) is 0 Å². The van der Waals surface area contributed by atoms with Crippen molar-refractivity contribution in [3.05, 3.63) is 0 Å². The number of hydrogen-bond acceptors (Lipinski definition) is 2. The fraction of sp³-hybridized carbons (Fsp3) is 1.00. The van der Waals surface area contributed by atoms with Gasteiger partial charge in [0.15, 0.2) is 0 Å². The fourth-order valence-electron chi connectivity index (χ4n) is 2.41. The predicted molar refractivity (Wildman–Crippen MR) is 55.6 cm³/mol. The van der Waals surface area contributed by atoms with Gasteiger partial charge in [-0.25, -0.2) is 0 Å². The van der Waals surface area contributed by atoms with Crippen LogP contribution >= 0.6 is 0 Å². The average molecular weight is 182 g/mol. The smallest absolute Gasteiger partial charge is 0.00967 e. The molecule has 2 heteroatoms. The monoisotopic (exact) mass is 182 g/mol. The SMILES string of the molecule is CCCC1(CNC2CC(N)C2)CC1. The summed E-state index contributed by atoms with van der Waals surface area (Å²) < 4.78 is 0. The Bertz CT molecular complexity index is 169. The number of nitrogens with two attached hydrogens (primary N) is 1. The lowest BCUT2D eigenvalue weighted by molar-refractivity contribution is 0.267. The van der Waals surface area contributed by atoms with Crippen LogP contribution in [0.5, 0.6) is 0 Å². The molecule has 0 heterocycles. The van der Waals surface area contributed by atoms with E-state index in [1.807, 2.05) is 0 Å². The Kier molecular flexibility index (Phi) is 2.61. The van der Waals surface area contributed by atoms with Crippen molar-refractivity contribution in [2.45, 2.75) is 57.5 Å². The Morgan fingerprint density at radius 3 is 2.54 bits per heavy atom. The Labute approximate surface area is 81.3 Å². The molecule has 2 nitrogen and oxygen atoms in total. The van der Waals surface area contributed by atoms with Crippen LogP contribution in [0, 0.1) is 5.41 Å². The molecule has 0 aromatic carbocycles. The molecule has 0 atom stereocenters. The van der Waals surface area contributed by atoms with Crippen LogP contribution in [0.25, 0.3) is 0 Å². The van der Waals surface area contributed by atoms with Crippen LogP contribution < -0.4 is 11.1 Å². The van der Waals surface area contributed by atoms with Gasteiger partial charge in [0.1, 0.15) is 0 Å². The Hall–Kier alpha value is -0.0800. The molecule has 0 unspecified atom stereocenters. The standard InChI is InChI=1S/C11H22N2/c1-2-3-11(4-5-11)8-13-10-6-9(12)7-10/h9-10,13H,2-8,12H2,1H3. The highest BCUT2D eigenvalue weighted by atomic mass is 15.0. The Morgan fingerprint density at radius 2 is 2.08 bits per heavy atom. The molecule has 0 aromatic rings. The fourth-order valence-corrected chi connectivity index (χ4v) is 2.41. The summed E-state index contributed by atoms with van der Waals surface area (Å²) in [5.74, 6) is 0. The second kappa shape index (κ2) is 3.58. The van der Waals surface area contributed by atoms with Gasteiger partial charge in [0.05, 0.1) is 0 Å². The summed E-state index contributed by atoms with van der Waals surface area (Å²) >= 11 is 0. The maximum absolute atomic E-state index is 5.74. The summed E-state index contributed by atoms with van der Waals surface area (Å²) in [7, 11) is 0. The van der Waals surface area contributed by atoms with E-state index in [2.05, 4.69) is 12.2 Å². The zero-order valence-corrected chi connectivity index (χ0v) is 8.68. The quantitative estimate of drug-likeness (QED) is 0.678. The molecule has 0 saturated heterocycles.